The van der Waals surface area contributed by atoms with E-state index in [4.69, 9.17) is 21.4 Å². The van der Waals surface area contributed by atoms with Gasteiger partial charge in [-0.2, -0.15) is 9.67 Å². The number of anilines is 3. The van der Waals surface area contributed by atoms with Gasteiger partial charge in [-0.1, -0.05) is 11.6 Å². The highest BCUT2D eigenvalue weighted by molar-refractivity contribution is 6.32. The minimum atomic E-state index is -0.0968. The fourth-order valence-electron chi connectivity index (χ4n) is 2.06. The number of nitrogens with zero attached hydrogens (tertiary/aromatic N) is 6. The number of nitrogens with one attached hydrogen (secondary N) is 2. The van der Waals surface area contributed by atoms with E-state index in [1.807, 2.05) is 0 Å². The van der Waals surface area contributed by atoms with Gasteiger partial charge in [-0.3, -0.25) is 0 Å². The zero-order chi connectivity index (χ0) is 17.6. The zero-order valence-corrected chi connectivity index (χ0v) is 14.0. The molecule has 0 atom stereocenters. The average molecular weight is 363 g/mol. The molecule has 0 bridgehead atoms. The minimum absolute atomic E-state index is 0.0968. The molecule has 2 aromatic heterocycles. The van der Waals surface area contributed by atoms with E-state index in [0.717, 1.165) is 0 Å². The molecule has 25 heavy (non-hydrogen) atoms. The summed E-state index contributed by atoms with van der Waals surface area (Å²) in [6.07, 6.45) is 2.95. The van der Waals surface area contributed by atoms with E-state index in [-0.39, 0.29) is 13.2 Å². The first-order valence-corrected chi connectivity index (χ1v) is 7.67. The Kier molecular flexibility index (Phi) is 5.21. The van der Waals surface area contributed by atoms with Gasteiger partial charge in [-0.25, -0.2) is 4.98 Å². The molecule has 3 N–H and O–H groups in total. The summed E-state index contributed by atoms with van der Waals surface area (Å²) in [6, 6.07) is 5.31. The number of ether oxygens (including phenoxy) is 1. The van der Waals surface area contributed by atoms with E-state index >= 15 is 0 Å². The van der Waals surface area contributed by atoms with Crippen LogP contribution in [0.5, 0.6) is 5.75 Å². The third kappa shape index (κ3) is 3.92. The molecule has 1 aromatic carbocycles. The van der Waals surface area contributed by atoms with E-state index < -0.39 is 0 Å². The Morgan fingerprint density at radius 1 is 1.36 bits per heavy atom. The van der Waals surface area contributed by atoms with Crippen molar-refractivity contribution in [1.29, 1.82) is 0 Å². The van der Waals surface area contributed by atoms with E-state index in [0.29, 0.717) is 33.9 Å². The van der Waals surface area contributed by atoms with Gasteiger partial charge in [-0.05, 0) is 28.6 Å². The maximum absolute atomic E-state index is 8.95. The van der Waals surface area contributed by atoms with Crippen LogP contribution in [0.15, 0.2) is 30.7 Å². The monoisotopic (exact) mass is 362 g/mol. The van der Waals surface area contributed by atoms with Gasteiger partial charge in [0.25, 0.3) is 0 Å². The number of halogens is 1. The van der Waals surface area contributed by atoms with E-state index in [9.17, 15) is 0 Å². The molecule has 3 aromatic rings. The van der Waals surface area contributed by atoms with Gasteiger partial charge in [0.05, 0.1) is 12.8 Å². The average Bonchev–Trinajstić information content (AvgIpc) is 3.16. The van der Waals surface area contributed by atoms with Crippen molar-refractivity contribution >= 4 is 29.1 Å². The highest BCUT2D eigenvalue weighted by Gasteiger charge is 2.11. The fraction of sp³-hybridized carbons (Fsp3) is 0.214. The van der Waals surface area contributed by atoms with Crippen LogP contribution in [0.4, 0.5) is 17.5 Å². The van der Waals surface area contributed by atoms with Crippen LogP contribution in [0.2, 0.25) is 5.02 Å². The summed E-state index contributed by atoms with van der Waals surface area (Å²) in [5.74, 6) is 1.42. The van der Waals surface area contributed by atoms with Crippen LogP contribution in [0.3, 0.4) is 0 Å². The lowest BCUT2D eigenvalue weighted by atomic mass is 10.2. The second-order valence-corrected chi connectivity index (χ2v) is 5.18. The quantitative estimate of drug-likeness (QED) is 0.569. The van der Waals surface area contributed by atoms with Gasteiger partial charge < -0.3 is 20.5 Å². The second-order valence-electron chi connectivity index (χ2n) is 4.77. The van der Waals surface area contributed by atoms with Crippen molar-refractivity contribution < 1.29 is 9.84 Å². The first kappa shape index (κ1) is 16.9. The Bertz CT molecular complexity index is 843. The van der Waals surface area contributed by atoms with Gasteiger partial charge in [0.2, 0.25) is 5.95 Å². The Hall–Kier alpha value is -2.98. The molecule has 0 saturated heterocycles. The molecule has 0 radical (unpaired) electrons. The van der Waals surface area contributed by atoms with Gasteiger partial charge in [0, 0.05) is 12.7 Å². The molecule has 0 aliphatic heterocycles. The summed E-state index contributed by atoms with van der Waals surface area (Å²) in [7, 11) is 1.72. The first-order chi connectivity index (χ1) is 12.2. The van der Waals surface area contributed by atoms with Gasteiger partial charge in [-0.15, -0.1) is 5.10 Å². The number of tetrazole rings is 1. The predicted octanol–water partition coefficient (Wildman–Crippen LogP) is 1.26. The van der Waals surface area contributed by atoms with E-state index in [2.05, 4.69) is 36.1 Å². The van der Waals surface area contributed by atoms with Gasteiger partial charge in [0.1, 0.15) is 35.2 Å². The Labute approximate surface area is 147 Å². The number of benzene rings is 1. The number of aliphatic hydroxyl groups excluding tert-OH is 1. The topological polar surface area (TPSA) is 123 Å². The zero-order valence-electron chi connectivity index (χ0n) is 13.2. The van der Waals surface area contributed by atoms with Crippen molar-refractivity contribution in [3.63, 3.8) is 0 Å². The Balaban J connectivity index is 1.91. The van der Waals surface area contributed by atoms with Crippen LogP contribution in [0.25, 0.3) is 5.69 Å². The molecule has 2 heterocycles. The van der Waals surface area contributed by atoms with Crippen molar-refractivity contribution in [3.8, 4) is 11.4 Å². The van der Waals surface area contributed by atoms with Crippen molar-refractivity contribution in [2.75, 3.05) is 30.9 Å². The van der Waals surface area contributed by atoms with E-state index in [1.54, 1.807) is 25.2 Å². The number of aliphatic hydroxyl groups is 1. The van der Waals surface area contributed by atoms with E-state index in [1.165, 1.54) is 17.2 Å². The van der Waals surface area contributed by atoms with Crippen LogP contribution in [0, 0.1) is 0 Å². The van der Waals surface area contributed by atoms with Crippen LogP contribution in [-0.4, -0.2) is 55.5 Å². The molecule has 0 unspecified atom stereocenters. The molecule has 3 rings (SSSR count). The van der Waals surface area contributed by atoms with Crippen molar-refractivity contribution in [2.45, 2.75) is 0 Å². The standard InChI is InChI=1S/C14H15ClN8O2/c1-16-13-10(15)7-17-14(20-13)19-9-2-3-12(25-5-4-24)11(6-9)23-8-18-21-22-23/h2-3,6-8,24H,4-5H2,1H3,(H2,16,17,19,20). The summed E-state index contributed by atoms with van der Waals surface area (Å²) in [4.78, 5) is 8.41. The molecule has 0 aliphatic carbocycles. The minimum Gasteiger partial charge on any atom is -0.489 e. The molecule has 0 saturated carbocycles. The number of hydrogen-bond donors (Lipinski definition) is 3. The summed E-state index contributed by atoms with van der Waals surface area (Å²) in [6.45, 7) is 0.0637. The van der Waals surface area contributed by atoms with Crippen molar-refractivity contribution in [3.05, 3.63) is 35.7 Å². The summed E-state index contributed by atoms with van der Waals surface area (Å²) >= 11 is 5.98. The van der Waals surface area contributed by atoms with Crippen LogP contribution >= 0.6 is 11.6 Å². The first-order valence-electron chi connectivity index (χ1n) is 7.29. The third-order valence-electron chi connectivity index (χ3n) is 3.14. The number of rotatable bonds is 7. The van der Waals surface area contributed by atoms with Gasteiger partial charge >= 0.3 is 0 Å². The summed E-state index contributed by atoms with van der Waals surface area (Å²) in [5, 5.41) is 26.5. The number of aromatic nitrogens is 6. The lowest BCUT2D eigenvalue weighted by Crippen LogP contribution is -2.07. The van der Waals surface area contributed by atoms with Crippen molar-refractivity contribution in [1.82, 2.24) is 30.2 Å². The SMILES string of the molecule is CNc1nc(Nc2ccc(OCCO)c(-n3cnnn3)c2)ncc1Cl. The summed E-state index contributed by atoms with van der Waals surface area (Å²) < 4.78 is 6.97. The van der Waals surface area contributed by atoms with Gasteiger partial charge in [0.15, 0.2) is 0 Å². The molecule has 11 heteroatoms. The van der Waals surface area contributed by atoms with Crippen molar-refractivity contribution in [2.24, 2.45) is 0 Å². The Morgan fingerprint density at radius 2 is 2.24 bits per heavy atom. The largest absolute Gasteiger partial charge is 0.489 e. The highest BCUT2D eigenvalue weighted by atomic mass is 35.5. The lowest BCUT2D eigenvalue weighted by molar-refractivity contribution is 0.201. The molecule has 130 valence electrons. The maximum atomic E-state index is 8.95. The molecule has 0 aliphatic rings. The molecule has 0 fully saturated rings. The fourth-order valence-corrected chi connectivity index (χ4v) is 2.24. The maximum Gasteiger partial charge on any atom is 0.229 e. The van der Waals surface area contributed by atoms with Crippen LogP contribution in [-0.2, 0) is 0 Å². The molecular formula is C14H15ClN8O2. The second kappa shape index (κ2) is 7.73. The Morgan fingerprint density at radius 3 is 2.96 bits per heavy atom. The molecular weight excluding hydrogens is 348 g/mol. The third-order valence-corrected chi connectivity index (χ3v) is 3.42. The predicted molar refractivity (Wildman–Crippen MR) is 91.6 cm³/mol. The molecule has 10 nitrogen and oxygen atoms in total. The molecule has 0 amide bonds. The summed E-state index contributed by atoms with van der Waals surface area (Å²) in [5.41, 5.74) is 1.30. The number of hydrogen-bond acceptors (Lipinski definition) is 9. The normalized spacial score (nSPS) is 10.5. The lowest BCUT2D eigenvalue weighted by Gasteiger charge is -2.13. The highest BCUT2D eigenvalue weighted by Crippen LogP contribution is 2.28. The smallest absolute Gasteiger partial charge is 0.229 e. The molecule has 0 spiro atoms. The van der Waals surface area contributed by atoms with Crippen LogP contribution in [0.1, 0.15) is 0 Å². The van der Waals surface area contributed by atoms with Crippen LogP contribution < -0.4 is 15.4 Å².